The molecule has 0 radical (unpaired) electrons. The third-order valence-electron chi connectivity index (χ3n) is 7.40. The first-order valence-corrected chi connectivity index (χ1v) is 16.0. The van der Waals surface area contributed by atoms with Gasteiger partial charge in [-0.05, 0) is 87.2 Å². The number of hydrogen-bond donors (Lipinski definition) is 3. The third-order valence-corrected chi connectivity index (χ3v) is 8.01. The summed E-state index contributed by atoms with van der Waals surface area (Å²) in [5, 5.41) is 6.67. The number of hydrogen-bond acceptors (Lipinski definition) is 6. The van der Waals surface area contributed by atoms with E-state index in [0.717, 1.165) is 89.8 Å². The Morgan fingerprint density at radius 2 is 1.56 bits per heavy atom. The van der Waals surface area contributed by atoms with Gasteiger partial charge in [0, 0.05) is 44.0 Å². The first kappa shape index (κ1) is 35.0. The maximum absolute atomic E-state index is 13.2. The van der Waals surface area contributed by atoms with Crippen LogP contribution >= 0.6 is 24.8 Å². The number of likely N-dealkylation sites (tertiary alicyclic amines) is 1. The van der Waals surface area contributed by atoms with Crippen LogP contribution in [0.25, 0.3) is 0 Å². The molecule has 12 heteroatoms. The van der Waals surface area contributed by atoms with Crippen molar-refractivity contribution < 1.29 is 17.9 Å². The molecule has 41 heavy (non-hydrogen) atoms. The zero-order valence-corrected chi connectivity index (χ0v) is 26.5. The maximum atomic E-state index is 13.2. The fourth-order valence-corrected chi connectivity index (χ4v) is 5.82. The standard InChI is InChI=1S/C29H43N5O4S.2ClH/c1-3-4-19-34(29(35)31-24-13-17-30-18-14-24)26-15-20-33(21-16-26)22-23-5-9-27(10-6-23)38-28-11-7-25(8-12-28)32-39(2,36)37;;/h5-12,24,26,30,32H,3-4,13-22H2,1-2H3,(H,31,35);2*1H. The molecule has 2 heterocycles. The summed E-state index contributed by atoms with van der Waals surface area (Å²) >= 11 is 0. The Balaban J connectivity index is 0.00000294. The van der Waals surface area contributed by atoms with Crippen LogP contribution in [0.5, 0.6) is 11.5 Å². The topological polar surface area (TPSA) is 103 Å². The normalized spacial score (nSPS) is 16.6. The Morgan fingerprint density at radius 3 is 2.12 bits per heavy atom. The Morgan fingerprint density at radius 1 is 0.976 bits per heavy atom. The minimum Gasteiger partial charge on any atom is -0.457 e. The first-order chi connectivity index (χ1) is 18.8. The molecule has 4 rings (SSSR count). The van der Waals surface area contributed by atoms with Crippen molar-refractivity contribution in [3.63, 3.8) is 0 Å². The lowest BCUT2D eigenvalue weighted by Gasteiger charge is -2.39. The minimum atomic E-state index is -3.30. The molecule has 230 valence electrons. The molecule has 2 aromatic carbocycles. The summed E-state index contributed by atoms with van der Waals surface area (Å²) in [6.45, 7) is 7.77. The predicted molar refractivity (Wildman–Crippen MR) is 170 cm³/mol. The van der Waals surface area contributed by atoms with Crippen LogP contribution in [0, 0.1) is 0 Å². The number of nitrogens with one attached hydrogen (secondary N) is 3. The Labute approximate surface area is 257 Å². The highest BCUT2D eigenvalue weighted by molar-refractivity contribution is 7.92. The van der Waals surface area contributed by atoms with E-state index in [1.165, 1.54) is 5.56 Å². The number of halogens is 2. The van der Waals surface area contributed by atoms with Gasteiger partial charge in [0.25, 0.3) is 0 Å². The number of benzene rings is 2. The van der Waals surface area contributed by atoms with Crippen LogP contribution in [0.1, 0.15) is 51.0 Å². The number of ether oxygens (including phenoxy) is 1. The molecule has 0 unspecified atom stereocenters. The van der Waals surface area contributed by atoms with Crippen LogP contribution in [0.4, 0.5) is 10.5 Å². The molecule has 2 fully saturated rings. The highest BCUT2D eigenvalue weighted by Crippen LogP contribution is 2.25. The number of amides is 2. The van der Waals surface area contributed by atoms with Gasteiger partial charge in [0.15, 0.2) is 0 Å². The summed E-state index contributed by atoms with van der Waals surface area (Å²) in [6.07, 6.45) is 7.25. The molecule has 0 spiro atoms. The zero-order chi connectivity index (χ0) is 27.7. The molecule has 0 atom stereocenters. The van der Waals surface area contributed by atoms with E-state index in [0.29, 0.717) is 17.5 Å². The fourth-order valence-electron chi connectivity index (χ4n) is 5.25. The summed E-state index contributed by atoms with van der Waals surface area (Å²) in [5.74, 6) is 1.37. The average Bonchev–Trinajstić information content (AvgIpc) is 2.92. The van der Waals surface area contributed by atoms with Crippen LogP contribution < -0.4 is 20.1 Å². The molecule has 0 bridgehead atoms. The zero-order valence-electron chi connectivity index (χ0n) is 24.0. The van der Waals surface area contributed by atoms with Crippen molar-refractivity contribution in [1.29, 1.82) is 0 Å². The minimum absolute atomic E-state index is 0. The molecular formula is C29H45Cl2N5O4S. The van der Waals surface area contributed by atoms with Crippen LogP contribution in [0.3, 0.4) is 0 Å². The predicted octanol–water partition coefficient (Wildman–Crippen LogP) is 5.22. The molecule has 0 aromatic heterocycles. The molecule has 0 saturated carbocycles. The van der Waals surface area contributed by atoms with E-state index in [-0.39, 0.29) is 36.9 Å². The maximum Gasteiger partial charge on any atom is 0.317 e. The molecule has 0 aliphatic carbocycles. The van der Waals surface area contributed by atoms with Crippen molar-refractivity contribution in [1.82, 2.24) is 20.4 Å². The van der Waals surface area contributed by atoms with Gasteiger partial charge in [0.1, 0.15) is 11.5 Å². The largest absolute Gasteiger partial charge is 0.457 e. The molecular weight excluding hydrogens is 585 g/mol. The lowest BCUT2D eigenvalue weighted by atomic mass is 10.0. The number of anilines is 1. The highest BCUT2D eigenvalue weighted by Gasteiger charge is 2.29. The summed E-state index contributed by atoms with van der Waals surface area (Å²) < 4.78 is 31.1. The van der Waals surface area contributed by atoms with Gasteiger partial charge in [0.2, 0.25) is 10.0 Å². The van der Waals surface area contributed by atoms with Gasteiger partial charge < -0.3 is 20.3 Å². The van der Waals surface area contributed by atoms with Crippen LogP contribution in [0.2, 0.25) is 0 Å². The van der Waals surface area contributed by atoms with Crippen LogP contribution in [0.15, 0.2) is 48.5 Å². The third kappa shape index (κ3) is 11.5. The number of nitrogens with zero attached hydrogens (tertiary/aromatic N) is 2. The molecule has 2 aromatic rings. The van der Waals surface area contributed by atoms with E-state index >= 15 is 0 Å². The summed E-state index contributed by atoms with van der Waals surface area (Å²) in [4.78, 5) is 17.7. The summed E-state index contributed by atoms with van der Waals surface area (Å²) in [7, 11) is -3.30. The van der Waals surface area contributed by atoms with Gasteiger partial charge in [-0.2, -0.15) is 0 Å². The second-order valence-electron chi connectivity index (χ2n) is 10.7. The summed E-state index contributed by atoms with van der Waals surface area (Å²) in [6, 6.07) is 15.6. The number of urea groups is 1. The number of sulfonamides is 1. The summed E-state index contributed by atoms with van der Waals surface area (Å²) in [5.41, 5.74) is 1.72. The molecule has 2 aliphatic heterocycles. The van der Waals surface area contributed by atoms with Gasteiger partial charge in [-0.25, -0.2) is 13.2 Å². The second kappa shape index (κ2) is 17.0. The van der Waals surface area contributed by atoms with Crippen molar-refractivity contribution in [2.75, 3.05) is 43.7 Å². The van der Waals surface area contributed by atoms with Gasteiger partial charge in [0.05, 0.1) is 6.26 Å². The number of unbranched alkanes of at least 4 members (excludes halogenated alkanes) is 1. The first-order valence-electron chi connectivity index (χ1n) is 14.1. The molecule has 9 nitrogen and oxygen atoms in total. The molecule has 2 saturated heterocycles. The van der Waals surface area contributed by atoms with E-state index in [1.807, 2.05) is 12.1 Å². The molecule has 2 amide bonds. The quantitative estimate of drug-likeness (QED) is 0.315. The van der Waals surface area contributed by atoms with Gasteiger partial charge in [-0.1, -0.05) is 25.5 Å². The monoisotopic (exact) mass is 629 g/mol. The number of piperidine rings is 2. The molecule has 2 aliphatic rings. The van der Waals surface area contributed by atoms with Crippen molar-refractivity contribution in [2.24, 2.45) is 0 Å². The lowest BCUT2D eigenvalue weighted by Crippen LogP contribution is -2.54. The second-order valence-corrected chi connectivity index (χ2v) is 12.4. The smallest absolute Gasteiger partial charge is 0.317 e. The van der Waals surface area contributed by atoms with E-state index in [4.69, 9.17) is 4.74 Å². The number of carbonyl (C=O) groups excluding carboxylic acids is 1. The van der Waals surface area contributed by atoms with Crippen molar-refractivity contribution in [3.05, 3.63) is 54.1 Å². The number of rotatable bonds is 11. The van der Waals surface area contributed by atoms with Crippen LogP contribution in [-0.2, 0) is 16.6 Å². The molecule has 3 N–H and O–H groups in total. The van der Waals surface area contributed by atoms with E-state index < -0.39 is 10.0 Å². The SMILES string of the molecule is CCCCN(C(=O)NC1CCNCC1)C1CCN(Cc2ccc(Oc3ccc(NS(C)(=O)=O)cc3)cc2)CC1.Cl.Cl. The number of carbonyl (C=O) groups is 1. The Bertz CT molecular complexity index is 1150. The van der Waals surface area contributed by atoms with Gasteiger partial charge in [-0.3, -0.25) is 9.62 Å². The van der Waals surface area contributed by atoms with Crippen LogP contribution in [-0.4, -0.2) is 75.3 Å². The Hall–Kier alpha value is -2.24. The lowest BCUT2D eigenvalue weighted by molar-refractivity contribution is 0.113. The van der Waals surface area contributed by atoms with E-state index in [2.05, 4.69) is 44.2 Å². The van der Waals surface area contributed by atoms with E-state index in [9.17, 15) is 13.2 Å². The van der Waals surface area contributed by atoms with Crippen molar-refractivity contribution >= 4 is 46.6 Å². The Kier molecular flexibility index (Phi) is 14.5. The van der Waals surface area contributed by atoms with Crippen molar-refractivity contribution in [3.8, 4) is 11.5 Å². The van der Waals surface area contributed by atoms with Gasteiger partial charge >= 0.3 is 6.03 Å². The van der Waals surface area contributed by atoms with E-state index in [1.54, 1.807) is 24.3 Å². The fraction of sp³-hybridized carbons (Fsp3) is 0.552. The average molecular weight is 631 g/mol. The van der Waals surface area contributed by atoms with Crippen molar-refractivity contribution in [2.45, 2.75) is 64.1 Å². The van der Waals surface area contributed by atoms with Gasteiger partial charge in [-0.15, -0.1) is 24.8 Å². The highest BCUT2D eigenvalue weighted by atomic mass is 35.5.